The zero-order chi connectivity index (χ0) is 15.5. The third kappa shape index (κ3) is 3.32. The van der Waals surface area contributed by atoms with Gasteiger partial charge in [0.05, 0.1) is 0 Å². The molecule has 1 unspecified atom stereocenters. The lowest BCUT2D eigenvalue weighted by atomic mass is 9.91. The first-order chi connectivity index (χ1) is 10.7. The molecule has 22 heavy (non-hydrogen) atoms. The van der Waals surface area contributed by atoms with Crippen LogP contribution in [0.1, 0.15) is 45.1 Å². The largest absolute Gasteiger partial charge is 0.355 e. The second kappa shape index (κ2) is 7.03. The van der Waals surface area contributed by atoms with Crippen molar-refractivity contribution in [3.63, 3.8) is 0 Å². The number of unbranched alkanes of at least 4 members (excludes halogenated alkanes) is 1. The third-order valence-corrected chi connectivity index (χ3v) is 5.36. The van der Waals surface area contributed by atoms with E-state index in [4.69, 9.17) is 0 Å². The van der Waals surface area contributed by atoms with Gasteiger partial charge in [-0.2, -0.15) is 0 Å². The van der Waals surface area contributed by atoms with Crippen LogP contribution in [0.25, 0.3) is 21.8 Å². The highest BCUT2D eigenvalue weighted by Gasteiger charge is 2.10. The van der Waals surface area contributed by atoms with Crippen LogP contribution in [0.4, 0.5) is 0 Å². The van der Waals surface area contributed by atoms with Crippen molar-refractivity contribution in [1.29, 1.82) is 0 Å². The molecular formula is C20H24IN. The molecule has 1 nitrogen and oxygen atoms in total. The monoisotopic (exact) mass is 405 g/mol. The lowest BCUT2D eigenvalue weighted by Crippen LogP contribution is -2.03. The Morgan fingerprint density at radius 3 is 2.64 bits per heavy atom. The second-order valence-electron chi connectivity index (χ2n) is 6.32. The molecule has 0 amide bonds. The summed E-state index contributed by atoms with van der Waals surface area (Å²) in [5.41, 5.74) is 3.99. The number of hydrogen-bond acceptors (Lipinski definition) is 0. The molecule has 0 fully saturated rings. The first-order valence-corrected chi connectivity index (χ1v) is 9.49. The normalized spacial score (nSPS) is 13.0. The van der Waals surface area contributed by atoms with Crippen molar-refractivity contribution < 1.29 is 0 Å². The van der Waals surface area contributed by atoms with E-state index in [-0.39, 0.29) is 0 Å². The summed E-state index contributed by atoms with van der Waals surface area (Å²) in [6.07, 6.45) is 6.50. The first kappa shape index (κ1) is 15.9. The molecule has 2 heteroatoms. The van der Waals surface area contributed by atoms with Gasteiger partial charge in [0.15, 0.2) is 0 Å². The van der Waals surface area contributed by atoms with E-state index in [0.717, 1.165) is 5.92 Å². The van der Waals surface area contributed by atoms with Crippen LogP contribution in [0.5, 0.6) is 0 Å². The van der Waals surface area contributed by atoms with Crippen LogP contribution in [0, 0.1) is 9.49 Å². The highest BCUT2D eigenvalue weighted by atomic mass is 127. The van der Waals surface area contributed by atoms with Crippen molar-refractivity contribution in [1.82, 2.24) is 4.98 Å². The van der Waals surface area contributed by atoms with Crippen molar-refractivity contribution >= 4 is 44.4 Å². The van der Waals surface area contributed by atoms with Gasteiger partial charge in [0.2, 0.25) is 0 Å². The topological polar surface area (TPSA) is 15.8 Å². The van der Waals surface area contributed by atoms with Gasteiger partial charge in [-0.3, -0.25) is 0 Å². The van der Waals surface area contributed by atoms with Crippen molar-refractivity contribution in [2.75, 3.05) is 0 Å². The van der Waals surface area contributed by atoms with Crippen LogP contribution in [0.2, 0.25) is 0 Å². The third-order valence-electron chi connectivity index (χ3n) is 4.69. The second-order valence-corrected chi connectivity index (χ2v) is 7.56. The molecule has 0 saturated carbocycles. The first-order valence-electron chi connectivity index (χ1n) is 8.41. The molecule has 1 aromatic heterocycles. The minimum absolute atomic E-state index is 0.822. The Bertz CT molecular complexity index is 772. The van der Waals surface area contributed by atoms with Gasteiger partial charge in [0, 0.05) is 25.4 Å². The Hall–Kier alpha value is -1.03. The van der Waals surface area contributed by atoms with E-state index < -0.39 is 0 Å². The molecule has 0 saturated heterocycles. The lowest BCUT2D eigenvalue weighted by Gasteiger charge is -2.14. The molecule has 3 rings (SSSR count). The number of aromatic nitrogens is 1. The summed E-state index contributed by atoms with van der Waals surface area (Å²) in [4.78, 5) is 3.58. The van der Waals surface area contributed by atoms with Gasteiger partial charge in [0.25, 0.3) is 0 Å². The van der Waals surface area contributed by atoms with E-state index in [1.54, 1.807) is 0 Å². The van der Waals surface area contributed by atoms with Crippen molar-refractivity contribution in [3.05, 3.63) is 45.5 Å². The molecule has 0 aliphatic heterocycles. The fourth-order valence-corrected chi connectivity index (χ4v) is 3.82. The summed E-state index contributed by atoms with van der Waals surface area (Å²) in [5.74, 6) is 0.822. The number of H-pyrrole nitrogens is 1. The number of aromatic amines is 1. The van der Waals surface area contributed by atoms with Crippen LogP contribution in [0.3, 0.4) is 0 Å². The summed E-state index contributed by atoms with van der Waals surface area (Å²) in [5, 5.41) is 2.69. The highest BCUT2D eigenvalue weighted by Crippen LogP contribution is 2.28. The van der Waals surface area contributed by atoms with Gasteiger partial charge in [-0.15, -0.1) is 0 Å². The number of halogens is 1. The zero-order valence-electron chi connectivity index (χ0n) is 13.5. The summed E-state index contributed by atoms with van der Waals surface area (Å²) < 4.78 is 1.29. The molecule has 3 aromatic rings. The number of fused-ring (bicyclic) bond motifs is 3. The standard InChI is InChI=1S/C20H24IN/c1-3-5-6-14(4-2)11-15-7-9-17-18-13-16(21)8-10-19(18)22-20(17)12-15/h7-10,12-14,22H,3-6,11H2,1-2H3. The fraction of sp³-hybridized carbons (Fsp3) is 0.400. The molecule has 1 N–H and O–H groups in total. The van der Waals surface area contributed by atoms with E-state index in [2.05, 4.69) is 77.8 Å². The quantitative estimate of drug-likeness (QED) is 0.440. The number of rotatable bonds is 6. The van der Waals surface area contributed by atoms with Gasteiger partial charge in [-0.25, -0.2) is 0 Å². The average molecular weight is 405 g/mol. The summed E-state index contributed by atoms with van der Waals surface area (Å²) in [6, 6.07) is 13.6. The van der Waals surface area contributed by atoms with Crippen LogP contribution in [-0.4, -0.2) is 4.98 Å². The van der Waals surface area contributed by atoms with E-state index >= 15 is 0 Å². The molecule has 0 radical (unpaired) electrons. The summed E-state index contributed by atoms with van der Waals surface area (Å²) in [7, 11) is 0. The molecule has 2 aromatic carbocycles. The molecule has 0 bridgehead atoms. The van der Waals surface area contributed by atoms with Crippen LogP contribution < -0.4 is 0 Å². The summed E-state index contributed by atoms with van der Waals surface area (Å²) in [6.45, 7) is 4.61. The minimum Gasteiger partial charge on any atom is -0.355 e. The number of hydrogen-bond donors (Lipinski definition) is 1. The van der Waals surface area contributed by atoms with Crippen LogP contribution in [-0.2, 0) is 6.42 Å². The lowest BCUT2D eigenvalue weighted by molar-refractivity contribution is 0.449. The Morgan fingerprint density at radius 1 is 1.00 bits per heavy atom. The van der Waals surface area contributed by atoms with E-state index in [9.17, 15) is 0 Å². The van der Waals surface area contributed by atoms with Crippen molar-refractivity contribution in [3.8, 4) is 0 Å². The van der Waals surface area contributed by atoms with Crippen LogP contribution >= 0.6 is 22.6 Å². The Labute approximate surface area is 146 Å². The average Bonchev–Trinajstić information content (AvgIpc) is 2.88. The molecule has 0 spiro atoms. The zero-order valence-corrected chi connectivity index (χ0v) is 15.6. The maximum Gasteiger partial charge on any atom is 0.0467 e. The molecule has 0 aliphatic rings. The molecule has 1 heterocycles. The minimum atomic E-state index is 0.822. The SMILES string of the molecule is CCCCC(CC)Cc1ccc2c(c1)[nH]c1ccc(I)cc12. The highest BCUT2D eigenvalue weighted by molar-refractivity contribution is 14.1. The molecule has 0 aliphatic carbocycles. The Morgan fingerprint density at radius 2 is 1.86 bits per heavy atom. The number of benzene rings is 2. The number of nitrogens with one attached hydrogen (secondary N) is 1. The van der Waals surface area contributed by atoms with E-state index in [0.29, 0.717) is 0 Å². The smallest absolute Gasteiger partial charge is 0.0467 e. The molecule has 1 atom stereocenters. The maximum atomic E-state index is 3.58. The van der Waals surface area contributed by atoms with Crippen molar-refractivity contribution in [2.24, 2.45) is 5.92 Å². The van der Waals surface area contributed by atoms with Gasteiger partial charge in [-0.1, -0.05) is 51.7 Å². The van der Waals surface area contributed by atoms with E-state index in [1.165, 1.54) is 63.0 Å². The predicted octanol–water partition coefficient (Wildman–Crippen LogP) is 6.68. The van der Waals surface area contributed by atoms with Gasteiger partial charge in [0.1, 0.15) is 0 Å². The van der Waals surface area contributed by atoms with E-state index in [1.807, 2.05) is 0 Å². The predicted molar refractivity (Wildman–Crippen MR) is 106 cm³/mol. The Kier molecular flexibility index (Phi) is 5.07. The summed E-state index contributed by atoms with van der Waals surface area (Å²) >= 11 is 2.38. The van der Waals surface area contributed by atoms with Gasteiger partial charge in [-0.05, 0) is 64.8 Å². The fourth-order valence-electron chi connectivity index (χ4n) is 3.33. The maximum absolute atomic E-state index is 3.58. The Balaban J connectivity index is 1.91. The van der Waals surface area contributed by atoms with Crippen LogP contribution in [0.15, 0.2) is 36.4 Å². The van der Waals surface area contributed by atoms with Gasteiger partial charge < -0.3 is 4.98 Å². The molecule has 116 valence electrons. The van der Waals surface area contributed by atoms with Crippen molar-refractivity contribution in [2.45, 2.75) is 46.0 Å². The van der Waals surface area contributed by atoms with Gasteiger partial charge >= 0.3 is 0 Å². The molecular weight excluding hydrogens is 381 g/mol.